The number of nitrogens with zero attached hydrogens (tertiary/aromatic N) is 3. The Kier molecular flexibility index (Phi) is 4.76. The summed E-state index contributed by atoms with van der Waals surface area (Å²) in [7, 11) is 3.50. The van der Waals surface area contributed by atoms with Crippen molar-refractivity contribution in [3.8, 4) is 0 Å². The zero-order valence-corrected chi connectivity index (χ0v) is 13.8. The Bertz CT molecular complexity index is 650. The first kappa shape index (κ1) is 15.7. The Morgan fingerprint density at radius 3 is 2.87 bits per heavy atom. The van der Waals surface area contributed by atoms with Crippen molar-refractivity contribution in [2.45, 2.75) is 18.8 Å². The van der Waals surface area contributed by atoms with Gasteiger partial charge in [-0.3, -0.25) is 9.89 Å². The summed E-state index contributed by atoms with van der Waals surface area (Å²) in [5.41, 5.74) is 2.97. The summed E-state index contributed by atoms with van der Waals surface area (Å²) in [4.78, 5) is 16.0. The van der Waals surface area contributed by atoms with Gasteiger partial charge < -0.3 is 9.80 Å². The summed E-state index contributed by atoms with van der Waals surface area (Å²) < 4.78 is 0. The minimum absolute atomic E-state index is 0.0496. The van der Waals surface area contributed by atoms with Crippen molar-refractivity contribution in [2.24, 2.45) is 0 Å². The molecular formula is C18H24N4O. The number of amides is 1. The molecule has 1 aliphatic heterocycles. The summed E-state index contributed by atoms with van der Waals surface area (Å²) in [6, 6.07) is 12.5. The number of benzene rings is 1. The lowest BCUT2D eigenvalue weighted by Gasteiger charge is -2.15. The van der Waals surface area contributed by atoms with E-state index >= 15 is 0 Å². The van der Waals surface area contributed by atoms with E-state index in [0.717, 1.165) is 38.2 Å². The minimum atomic E-state index is -0.0496. The fourth-order valence-electron chi connectivity index (χ4n) is 3.11. The monoisotopic (exact) mass is 312 g/mol. The summed E-state index contributed by atoms with van der Waals surface area (Å²) in [6.45, 7) is 3.22. The van der Waals surface area contributed by atoms with Crippen molar-refractivity contribution in [1.29, 1.82) is 0 Å². The molecule has 2 aromatic rings. The number of aromatic amines is 1. The highest BCUT2D eigenvalue weighted by Crippen LogP contribution is 2.26. The van der Waals surface area contributed by atoms with E-state index in [4.69, 9.17) is 0 Å². The predicted octanol–water partition coefficient (Wildman–Crippen LogP) is 2.14. The van der Waals surface area contributed by atoms with Gasteiger partial charge in [0.05, 0.1) is 0 Å². The second-order valence-electron chi connectivity index (χ2n) is 6.43. The van der Waals surface area contributed by atoms with Crippen molar-refractivity contribution in [1.82, 2.24) is 20.0 Å². The number of rotatable bonds is 5. The number of hydrogen-bond acceptors (Lipinski definition) is 3. The molecule has 1 N–H and O–H groups in total. The van der Waals surface area contributed by atoms with Gasteiger partial charge in [-0.25, -0.2) is 0 Å². The molecule has 1 fully saturated rings. The Morgan fingerprint density at radius 2 is 2.13 bits per heavy atom. The second kappa shape index (κ2) is 6.96. The van der Waals surface area contributed by atoms with Crippen LogP contribution in [0.1, 0.15) is 34.1 Å². The lowest BCUT2D eigenvalue weighted by molar-refractivity contribution is 0.0822. The number of likely N-dealkylation sites (tertiary alicyclic amines) is 1. The fourth-order valence-corrected chi connectivity index (χ4v) is 3.11. The lowest BCUT2D eigenvalue weighted by Crippen LogP contribution is -2.23. The van der Waals surface area contributed by atoms with Crippen molar-refractivity contribution in [2.75, 3.05) is 33.7 Å². The first-order valence-electron chi connectivity index (χ1n) is 8.16. The van der Waals surface area contributed by atoms with Gasteiger partial charge in [-0.1, -0.05) is 30.3 Å². The summed E-state index contributed by atoms with van der Waals surface area (Å²) >= 11 is 0. The van der Waals surface area contributed by atoms with Gasteiger partial charge in [0, 0.05) is 38.8 Å². The van der Waals surface area contributed by atoms with Crippen LogP contribution in [0.3, 0.4) is 0 Å². The summed E-state index contributed by atoms with van der Waals surface area (Å²) in [5, 5.41) is 7.22. The van der Waals surface area contributed by atoms with E-state index in [1.165, 1.54) is 5.56 Å². The summed E-state index contributed by atoms with van der Waals surface area (Å²) in [5.74, 6) is 0.397. The van der Waals surface area contributed by atoms with Gasteiger partial charge in [0.1, 0.15) is 5.69 Å². The van der Waals surface area contributed by atoms with Gasteiger partial charge in [-0.2, -0.15) is 5.10 Å². The molecule has 1 aromatic carbocycles. The van der Waals surface area contributed by atoms with Gasteiger partial charge in [0.15, 0.2) is 0 Å². The Balaban J connectivity index is 1.54. The van der Waals surface area contributed by atoms with E-state index in [9.17, 15) is 4.79 Å². The highest BCUT2D eigenvalue weighted by Gasteiger charge is 2.26. The molecule has 1 saturated heterocycles. The molecule has 5 nitrogen and oxygen atoms in total. The number of carbonyl (C=O) groups excluding carboxylic acids is 1. The molecule has 5 heteroatoms. The van der Waals surface area contributed by atoms with E-state index in [0.29, 0.717) is 11.6 Å². The quantitative estimate of drug-likeness (QED) is 0.920. The average Bonchev–Trinajstić information content (AvgIpc) is 3.22. The van der Waals surface area contributed by atoms with E-state index in [1.54, 1.807) is 19.0 Å². The number of nitrogens with one attached hydrogen (secondary N) is 1. The molecule has 1 aliphatic rings. The second-order valence-corrected chi connectivity index (χ2v) is 6.43. The summed E-state index contributed by atoms with van der Waals surface area (Å²) in [6.07, 6.45) is 2.20. The first-order valence-corrected chi connectivity index (χ1v) is 8.16. The third-order valence-electron chi connectivity index (χ3n) is 4.49. The lowest BCUT2D eigenvalue weighted by atomic mass is 10.0. The molecule has 0 aliphatic carbocycles. The van der Waals surface area contributed by atoms with Crippen LogP contribution in [0.2, 0.25) is 0 Å². The number of aromatic nitrogens is 2. The molecular weight excluding hydrogens is 288 g/mol. The molecule has 0 spiro atoms. The molecule has 0 radical (unpaired) electrons. The van der Waals surface area contributed by atoms with Crippen LogP contribution in [0.25, 0.3) is 0 Å². The first-order chi connectivity index (χ1) is 11.1. The predicted molar refractivity (Wildman–Crippen MR) is 90.5 cm³/mol. The molecule has 122 valence electrons. The van der Waals surface area contributed by atoms with E-state index < -0.39 is 0 Å². The van der Waals surface area contributed by atoms with E-state index in [2.05, 4.69) is 45.4 Å². The Hall–Kier alpha value is -2.14. The Morgan fingerprint density at radius 1 is 1.35 bits per heavy atom. The molecule has 0 saturated carbocycles. The van der Waals surface area contributed by atoms with Crippen molar-refractivity contribution in [3.63, 3.8) is 0 Å². The topological polar surface area (TPSA) is 52.2 Å². The zero-order chi connectivity index (χ0) is 16.2. The molecule has 0 bridgehead atoms. The zero-order valence-electron chi connectivity index (χ0n) is 13.8. The SMILES string of the molecule is CN(C)C(=O)c1cc([C@@H]2CCN(CCc3ccccc3)C2)[nH]n1. The van der Waals surface area contributed by atoms with Crippen molar-refractivity contribution >= 4 is 5.91 Å². The van der Waals surface area contributed by atoms with Crippen molar-refractivity contribution in [3.05, 3.63) is 53.3 Å². The van der Waals surface area contributed by atoms with Crippen LogP contribution in [0.15, 0.2) is 36.4 Å². The van der Waals surface area contributed by atoms with Crippen LogP contribution in [-0.2, 0) is 6.42 Å². The standard InChI is InChI=1S/C18H24N4O/c1-21(2)18(23)17-12-16(19-20-17)15-9-11-22(13-15)10-8-14-6-4-3-5-7-14/h3-7,12,15H,8-11,13H2,1-2H3,(H,19,20)/t15-/m1/s1. The normalized spacial score (nSPS) is 18.3. The van der Waals surface area contributed by atoms with Crippen LogP contribution < -0.4 is 0 Å². The smallest absolute Gasteiger partial charge is 0.273 e. The fraction of sp³-hybridized carbons (Fsp3) is 0.444. The number of H-pyrrole nitrogens is 1. The highest BCUT2D eigenvalue weighted by molar-refractivity contribution is 5.92. The van der Waals surface area contributed by atoms with Crippen LogP contribution in [0.5, 0.6) is 0 Å². The van der Waals surface area contributed by atoms with Gasteiger partial charge in [0.2, 0.25) is 0 Å². The highest BCUT2D eigenvalue weighted by atomic mass is 16.2. The maximum absolute atomic E-state index is 11.9. The van der Waals surface area contributed by atoms with Gasteiger partial charge in [-0.15, -0.1) is 0 Å². The van der Waals surface area contributed by atoms with Crippen LogP contribution in [0, 0.1) is 0 Å². The molecule has 1 atom stereocenters. The number of hydrogen-bond donors (Lipinski definition) is 1. The third-order valence-corrected chi connectivity index (χ3v) is 4.49. The van der Waals surface area contributed by atoms with Gasteiger partial charge >= 0.3 is 0 Å². The largest absolute Gasteiger partial charge is 0.343 e. The molecule has 1 aromatic heterocycles. The van der Waals surface area contributed by atoms with Crippen LogP contribution in [0.4, 0.5) is 0 Å². The van der Waals surface area contributed by atoms with Crippen molar-refractivity contribution < 1.29 is 4.79 Å². The Labute approximate surface area is 137 Å². The maximum Gasteiger partial charge on any atom is 0.273 e. The molecule has 3 rings (SSSR count). The molecule has 2 heterocycles. The average molecular weight is 312 g/mol. The third kappa shape index (κ3) is 3.79. The van der Waals surface area contributed by atoms with Gasteiger partial charge in [-0.05, 0) is 31.0 Å². The van der Waals surface area contributed by atoms with E-state index in [-0.39, 0.29) is 5.91 Å². The minimum Gasteiger partial charge on any atom is -0.343 e. The molecule has 0 unspecified atom stereocenters. The van der Waals surface area contributed by atoms with Crippen LogP contribution in [-0.4, -0.2) is 59.6 Å². The molecule has 23 heavy (non-hydrogen) atoms. The molecule has 1 amide bonds. The van der Waals surface area contributed by atoms with E-state index in [1.807, 2.05) is 6.07 Å². The maximum atomic E-state index is 11.9. The number of carbonyl (C=O) groups is 1. The van der Waals surface area contributed by atoms with Gasteiger partial charge in [0.25, 0.3) is 5.91 Å². The van der Waals surface area contributed by atoms with Crippen LogP contribution >= 0.6 is 0 Å².